The van der Waals surface area contributed by atoms with Crippen LogP contribution in [-0.2, 0) is 16.0 Å². The van der Waals surface area contributed by atoms with Gasteiger partial charge in [-0.1, -0.05) is 6.07 Å². The molecule has 1 aliphatic heterocycles. The number of carbonyl (C=O) groups is 1. The number of benzene rings is 1. The van der Waals surface area contributed by atoms with Crippen LogP contribution in [0.3, 0.4) is 0 Å². The van der Waals surface area contributed by atoms with E-state index in [-0.39, 0.29) is 12.2 Å². The van der Waals surface area contributed by atoms with Crippen LogP contribution in [-0.4, -0.2) is 17.7 Å². The lowest BCUT2D eigenvalue weighted by Crippen LogP contribution is -2.34. The first-order valence-electron chi connectivity index (χ1n) is 5.54. The van der Waals surface area contributed by atoms with Gasteiger partial charge in [0.25, 0.3) is 0 Å². The van der Waals surface area contributed by atoms with Gasteiger partial charge in [-0.05, 0) is 32.9 Å². The number of halogens is 1. The van der Waals surface area contributed by atoms with E-state index in [1.807, 2.05) is 0 Å². The Morgan fingerprint density at radius 3 is 2.76 bits per heavy atom. The number of carbonyl (C=O) groups excluding carboxylic acids is 1. The number of ether oxygens (including phenoxy) is 2. The number of esters is 1. The molecule has 0 amide bonds. The smallest absolute Gasteiger partial charge is 0.348 e. The van der Waals surface area contributed by atoms with Crippen molar-refractivity contribution in [2.45, 2.75) is 38.9 Å². The van der Waals surface area contributed by atoms with Gasteiger partial charge in [0, 0.05) is 12.0 Å². The molecule has 0 N–H and O–H groups in total. The second-order valence-electron chi connectivity index (χ2n) is 5.06. The number of rotatable bonds is 1. The zero-order valence-electron chi connectivity index (χ0n) is 10.1. The van der Waals surface area contributed by atoms with Crippen LogP contribution < -0.4 is 4.74 Å². The summed E-state index contributed by atoms with van der Waals surface area (Å²) in [4.78, 5) is 11.8. The van der Waals surface area contributed by atoms with Gasteiger partial charge >= 0.3 is 5.97 Å². The first-order chi connectivity index (χ1) is 7.87. The van der Waals surface area contributed by atoms with Gasteiger partial charge in [0.1, 0.15) is 17.2 Å². The molecular weight excluding hydrogens is 223 g/mol. The zero-order chi connectivity index (χ0) is 12.6. The van der Waals surface area contributed by atoms with E-state index < -0.39 is 17.7 Å². The number of hydrogen-bond donors (Lipinski definition) is 0. The molecule has 0 saturated carbocycles. The van der Waals surface area contributed by atoms with Crippen molar-refractivity contribution in [3.63, 3.8) is 0 Å². The minimum absolute atomic E-state index is 0.233. The monoisotopic (exact) mass is 238 g/mol. The summed E-state index contributed by atoms with van der Waals surface area (Å²) < 4.78 is 24.0. The molecule has 0 saturated heterocycles. The van der Waals surface area contributed by atoms with Crippen molar-refractivity contribution in [1.29, 1.82) is 0 Å². The van der Waals surface area contributed by atoms with Crippen molar-refractivity contribution in [2.24, 2.45) is 0 Å². The van der Waals surface area contributed by atoms with E-state index in [4.69, 9.17) is 9.47 Å². The van der Waals surface area contributed by atoms with E-state index in [1.54, 1.807) is 32.9 Å². The van der Waals surface area contributed by atoms with Crippen LogP contribution in [0.15, 0.2) is 18.2 Å². The molecule has 1 aliphatic rings. The Bertz CT molecular complexity index is 448. The summed E-state index contributed by atoms with van der Waals surface area (Å²) >= 11 is 0. The van der Waals surface area contributed by atoms with E-state index in [0.717, 1.165) is 0 Å². The van der Waals surface area contributed by atoms with Crippen molar-refractivity contribution < 1.29 is 18.7 Å². The van der Waals surface area contributed by atoms with Gasteiger partial charge < -0.3 is 9.47 Å². The molecule has 1 aromatic rings. The Balaban J connectivity index is 2.10. The molecule has 3 nitrogen and oxygen atoms in total. The molecule has 1 unspecified atom stereocenters. The van der Waals surface area contributed by atoms with E-state index in [1.165, 1.54) is 6.07 Å². The van der Waals surface area contributed by atoms with Gasteiger partial charge in [0.05, 0.1) is 0 Å². The topological polar surface area (TPSA) is 35.5 Å². The molecule has 4 heteroatoms. The van der Waals surface area contributed by atoms with E-state index in [9.17, 15) is 9.18 Å². The van der Waals surface area contributed by atoms with Crippen molar-refractivity contribution in [3.05, 3.63) is 29.6 Å². The second-order valence-corrected chi connectivity index (χ2v) is 5.06. The van der Waals surface area contributed by atoms with E-state index in [2.05, 4.69) is 0 Å². The Morgan fingerprint density at radius 2 is 2.18 bits per heavy atom. The molecule has 0 fully saturated rings. The molecule has 17 heavy (non-hydrogen) atoms. The van der Waals surface area contributed by atoms with Crippen molar-refractivity contribution in [3.8, 4) is 5.75 Å². The quantitative estimate of drug-likeness (QED) is 0.705. The van der Waals surface area contributed by atoms with Crippen LogP contribution in [0.5, 0.6) is 5.75 Å². The third-order valence-corrected chi connectivity index (χ3v) is 2.40. The van der Waals surface area contributed by atoms with Gasteiger partial charge in [0.15, 0.2) is 6.10 Å². The van der Waals surface area contributed by atoms with Crippen molar-refractivity contribution >= 4 is 5.97 Å². The molecular formula is C13H15FO3. The highest BCUT2D eigenvalue weighted by atomic mass is 19.1. The summed E-state index contributed by atoms with van der Waals surface area (Å²) in [7, 11) is 0. The van der Waals surface area contributed by atoms with Gasteiger partial charge in [0.2, 0.25) is 0 Å². The zero-order valence-corrected chi connectivity index (χ0v) is 10.1. The van der Waals surface area contributed by atoms with Crippen LogP contribution in [0.25, 0.3) is 0 Å². The maximum atomic E-state index is 13.4. The Morgan fingerprint density at radius 1 is 1.47 bits per heavy atom. The second kappa shape index (κ2) is 4.02. The maximum Gasteiger partial charge on any atom is 0.348 e. The molecule has 92 valence electrons. The highest BCUT2D eigenvalue weighted by Gasteiger charge is 2.34. The van der Waals surface area contributed by atoms with Crippen LogP contribution in [0.1, 0.15) is 26.3 Å². The minimum Gasteiger partial charge on any atom is -0.478 e. The van der Waals surface area contributed by atoms with Crippen LogP contribution in [0.2, 0.25) is 0 Å². The van der Waals surface area contributed by atoms with Gasteiger partial charge in [-0.25, -0.2) is 9.18 Å². The average Bonchev–Trinajstić information content (AvgIpc) is 2.60. The summed E-state index contributed by atoms with van der Waals surface area (Å²) in [6.07, 6.45) is -0.502. The van der Waals surface area contributed by atoms with E-state index >= 15 is 0 Å². The Kier molecular flexibility index (Phi) is 2.81. The fourth-order valence-corrected chi connectivity index (χ4v) is 1.73. The largest absolute Gasteiger partial charge is 0.478 e. The first kappa shape index (κ1) is 11.9. The molecule has 1 atom stereocenters. The molecule has 0 aromatic heterocycles. The van der Waals surface area contributed by atoms with Crippen LogP contribution in [0.4, 0.5) is 4.39 Å². The molecule has 1 aromatic carbocycles. The first-order valence-corrected chi connectivity index (χ1v) is 5.54. The number of fused-ring (bicyclic) bond motifs is 1. The van der Waals surface area contributed by atoms with Gasteiger partial charge in [-0.15, -0.1) is 0 Å². The average molecular weight is 238 g/mol. The molecule has 1 heterocycles. The predicted molar refractivity (Wildman–Crippen MR) is 60.4 cm³/mol. The van der Waals surface area contributed by atoms with Crippen LogP contribution >= 0.6 is 0 Å². The lowest BCUT2D eigenvalue weighted by Gasteiger charge is -2.21. The maximum absolute atomic E-state index is 13.4. The summed E-state index contributed by atoms with van der Waals surface area (Å²) in [6.45, 7) is 5.36. The van der Waals surface area contributed by atoms with Crippen molar-refractivity contribution in [2.75, 3.05) is 0 Å². The fourth-order valence-electron chi connectivity index (χ4n) is 1.73. The SMILES string of the molecule is CC(C)(C)OC(=O)C1Cc2c(F)cccc2O1. The Hall–Kier alpha value is -1.58. The number of hydrogen-bond acceptors (Lipinski definition) is 3. The summed E-state index contributed by atoms with van der Waals surface area (Å²) in [5.41, 5.74) is -0.114. The lowest BCUT2D eigenvalue weighted by molar-refractivity contribution is -0.162. The third-order valence-electron chi connectivity index (χ3n) is 2.40. The third kappa shape index (κ3) is 2.57. The van der Waals surface area contributed by atoms with Crippen LogP contribution in [0, 0.1) is 5.82 Å². The molecule has 2 rings (SSSR count). The lowest BCUT2D eigenvalue weighted by atomic mass is 10.1. The highest BCUT2D eigenvalue weighted by molar-refractivity contribution is 5.77. The summed E-state index contributed by atoms with van der Waals surface area (Å²) in [6, 6.07) is 4.58. The van der Waals surface area contributed by atoms with Gasteiger partial charge in [-0.2, -0.15) is 0 Å². The molecule has 0 bridgehead atoms. The summed E-state index contributed by atoms with van der Waals surface area (Å²) in [5.74, 6) is -0.359. The van der Waals surface area contributed by atoms with Crippen molar-refractivity contribution in [1.82, 2.24) is 0 Å². The van der Waals surface area contributed by atoms with Gasteiger partial charge in [-0.3, -0.25) is 0 Å². The standard InChI is InChI=1S/C13H15FO3/c1-13(2,3)17-12(15)11-7-8-9(14)5-4-6-10(8)16-11/h4-6,11H,7H2,1-3H3. The molecule has 0 spiro atoms. The molecule has 0 aliphatic carbocycles. The fraction of sp³-hybridized carbons (Fsp3) is 0.462. The van der Waals surface area contributed by atoms with E-state index in [0.29, 0.717) is 11.3 Å². The predicted octanol–water partition coefficient (Wildman–Crippen LogP) is 2.47. The molecule has 0 radical (unpaired) electrons. The normalized spacial score (nSPS) is 18.5. The highest BCUT2D eigenvalue weighted by Crippen LogP contribution is 2.31. The minimum atomic E-state index is -0.735. The summed E-state index contributed by atoms with van der Waals surface area (Å²) in [5, 5.41) is 0. The Labute approximate surface area is 99.5 Å².